The van der Waals surface area contributed by atoms with Crippen LogP contribution in [0.2, 0.25) is 0 Å². The summed E-state index contributed by atoms with van der Waals surface area (Å²) in [5, 5.41) is 3.53. The van der Waals surface area contributed by atoms with Gasteiger partial charge in [0, 0.05) is 17.8 Å². The summed E-state index contributed by atoms with van der Waals surface area (Å²) in [6, 6.07) is 6.18. The molecule has 0 spiro atoms. The fourth-order valence-corrected chi connectivity index (χ4v) is 2.39. The van der Waals surface area contributed by atoms with Gasteiger partial charge < -0.3 is 11.1 Å². The zero-order chi connectivity index (χ0) is 14.3. The minimum atomic E-state index is 0.462. The van der Waals surface area contributed by atoms with E-state index in [1.807, 2.05) is 12.1 Å². The Morgan fingerprint density at radius 3 is 2.68 bits per heavy atom. The van der Waals surface area contributed by atoms with Crippen LogP contribution in [0.5, 0.6) is 0 Å². The van der Waals surface area contributed by atoms with Gasteiger partial charge in [-0.1, -0.05) is 51.4 Å². The Kier molecular flexibility index (Phi) is 6.85. The van der Waals surface area contributed by atoms with Gasteiger partial charge >= 0.3 is 0 Å². The maximum absolute atomic E-state index is 5.78. The summed E-state index contributed by atoms with van der Waals surface area (Å²) in [5.74, 6) is 0.722. The number of hydrogen-bond donors (Lipinski definition) is 2. The third kappa shape index (κ3) is 5.19. The van der Waals surface area contributed by atoms with Crippen molar-refractivity contribution < 1.29 is 0 Å². The Morgan fingerprint density at radius 2 is 2.11 bits per heavy atom. The third-order valence-corrected chi connectivity index (χ3v) is 3.78. The van der Waals surface area contributed by atoms with Crippen LogP contribution in [-0.4, -0.2) is 11.5 Å². The fourth-order valence-electron chi connectivity index (χ4n) is 2.22. The van der Waals surface area contributed by atoms with E-state index >= 15 is 0 Å². The minimum Gasteiger partial charge on any atom is -0.389 e. The molecular formula is C16H26N2S. The van der Waals surface area contributed by atoms with Crippen LogP contribution in [0.1, 0.15) is 50.7 Å². The summed E-state index contributed by atoms with van der Waals surface area (Å²) in [6.45, 7) is 7.58. The predicted octanol–water partition coefficient (Wildman–Crippen LogP) is 4.26. The van der Waals surface area contributed by atoms with Crippen molar-refractivity contribution >= 4 is 22.9 Å². The highest BCUT2D eigenvalue weighted by Gasteiger charge is 2.09. The molecular weight excluding hydrogens is 252 g/mol. The van der Waals surface area contributed by atoms with Crippen LogP contribution >= 0.6 is 12.2 Å². The number of nitrogens with two attached hydrogens (primary N) is 1. The molecule has 0 bridgehead atoms. The van der Waals surface area contributed by atoms with Crippen molar-refractivity contribution in [2.45, 2.75) is 46.5 Å². The van der Waals surface area contributed by atoms with Crippen LogP contribution in [0, 0.1) is 12.8 Å². The van der Waals surface area contributed by atoms with Crippen molar-refractivity contribution in [2.24, 2.45) is 11.7 Å². The zero-order valence-corrected chi connectivity index (χ0v) is 13.1. The van der Waals surface area contributed by atoms with Crippen LogP contribution in [0.15, 0.2) is 18.2 Å². The second-order valence-electron chi connectivity index (χ2n) is 5.21. The van der Waals surface area contributed by atoms with Crippen LogP contribution in [0.25, 0.3) is 0 Å². The lowest BCUT2D eigenvalue weighted by Crippen LogP contribution is -2.18. The summed E-state index contributed by atoms with van der Waals surface area (Å²) >= 11 is 5.11. The highest BCUT2D eigenvalue weighted by molar-refractivity contribution is 7.80. The van der Waals surface area contributed by atoms with Crippen molar-refractivity contribution in [1.82, 2.24) is 0 Å². The summed E-state index contributed by atoms with van der Waals surface area (Å²) in [5.41, 5.74) is 9.02. The van der Waals surface area contributed by atoms with E-state index in [1.54, 1.807) is 0 Å². The van der Waals surface area contributed by atoms with Gasteiger partial charge in [-0.15, -0.1) is 0 Å². The molecule has 0 heterocycles. The second-order valence-corrected chi connectivity index (χ2v) is 5.65. The van der Waals surface area contributed by atoms with Gasteiger partial charge in [0.25, 0.3) is 0 Å². The maximum atomic E-state index is 5.78. The van der Waals surface area contributed by atoms with E-state index in [1.165, 1.54) is 31.2 Å². The quantitative estimate of drug-likeness (QED) is 0.698. The highest BCUT2D eigenvalue weighted by atomic mass is 32.1. The minimum absolute atomic E-state index is 0.462. The molecule has 0 amide bonds. The van der Waals surface area contributed by atoms with Gasteiger partial charge in [-0.3, -0.25) is 0 Å². The molecule has 1 aromatic rings. The third-order valence-electron chi connectivity index (χ3n) is 3.56. The summed E-state index contributed by atoms with van der Waals surface area (Å²) in [6.07, 6.45) is 5.06. The summed E-state index contributed by atoms with van der Waals surface area (Å²) in [7, 11) is 0. The van der Waals surface area contributed by atoms with Gasteiger partial charge in [0.15, 0.2) is 0 Å². The largest absolute Gasteiger partial charge is 0.389 e. The average molecular weight is 278 g/mol. The molecule has 2 nitrogen and oxygen atoms in total. The molecule has 0 saturated carbocycles. The molecule has 19 heavy (non-hydrogen) atoms. The lowest BCUT2D eigenvalue weighted by atomic mass is 9.99. The predicted molar refractivity (Wildman–Crippen MR) is 88.9 cm³/mol. The van der Waals surface area contributed by atoms with Crippen LogP contribution in [-0.2, 0) is 0 Å². The smallest absolute Gasteiger partial charge is 0.106 e. The number of benzene rings is 1. The Morgan fingerprint density at radius 1 is 1.37 bits per heavy atom. The van der Waals surface area contributed by atoms with Crippen molar-refractivity contribution in [3.63, 3.8) is 0 Å². The first-order valence-electron chi connectivity index (χ1n) is 7.22. The topological polar surface area (TPSA) is 38.0 Å². The summed E-state index contributed by atoms with van der Waals surface area (Å²) < 4.78 is 0. The monoisotopic (exact) mass is 278 g/mol. The van der Waals surface area contributed by atoms with Gasteiger partial charge in [0.1, 0.15) is 4.99 Å². The molecule has 3 heteroatoms. The van der Waals surface area contributed by atoms with Gasteiger partial charge in [0.05, 0.1) is 0 Å². The van der Waals surface area contributed by atoms with E-state index in [-0.39, 0.29) is 0 Å². The SMILES string of the molecule is CCCCC(CC)CNc1cc(C)ccc1C(N)=S. The molecule has 0 saturated heterocycles. The fraction of sp³-hybridized carbons (Fsp3) is 0.562. The van der Waals surface area contributed by atoms with Crippen molar-refractivity contribution in [3.8, 4) is 0 Å². The molecule has 0 fully saturated rings. The number of hydrogen-bond acceptors (Lipinski definition) is 2. The van der Waals surface area contributed by atoms with Gasteiger partial charge in [0.2, 0.25) is 0 Å². The molecule has 1 atom stereocenters. The van der Waals surface area contributed by atoms with Crippen LogP contribution in [0.3, 0.4) is 0 Å². The number of nitrogens with one attached hydrogen (secondary N) is 1. The molecule has 106 valence electrons. The zero-order valence-electron chi connectivity index (χ0n) is 12.3. The number of anilines is 1. The second kappa shape index (κ2) is 8.16. The lowest BCUT2D eigenvalue weighted by molar-refractivity contribution is 0.473. The number of aryl methyl sites for hydroxylation is 1. The van der Waals surface area contributed by atoms with E-state index < -0.39 is 0 Å². The molecule has 1 rings (SSSR count). The van der Waals surface area contributed by atoms with Gasteiger partial charge in [-0.2, -0.15) is 0 Å². The van der Waals surface area contributed by atoms with Crippen molar-refractivity contribution in [1.29, 1.82) is 0 Å². The first kappa shape index (κ1) is 16.0. The molecule has 1 unspecified atom stereocenters. The van der Waals surface area contributed by atoms with E-state index in [2.05, 4.69) is 32.2 Å². The van der Waals surface area contributed by atoms with Gasteiger partial charge in [-0.25, -0.2) is 0 Å². The van der Waals surface area contributed by atoms with E-state index in [9.17, 15) is 0 Å². The van der Waals surface area contributed by atoms with E-state index in [4.69, 9.17) is 18.0 Å². The Balaban J connectivity index is 2.70. The van der Waals surface area contributed by atoms with Crippen molar-refractivity contribution in [2.75, 3.05) is 11.9 Å². The van der Waals surface area contributed by atoms with E-state index in [0.717, 1.165) is 23.7 Å². The molecule has 0 radical (unpaired) electrons. The van der Waals surface area contributed by atoms with Gasteiger partial charge in [-0.05, 0) is 37.0 Å². The maximum Gasteiger partial charge on any atom is 0.106 e. The first-order valence-corrected chi connectivity index (χ1v) is 7.63. The Hall–Kier alpha value is -1.09. The molecule has 0 aliphatic rings. The molecule has 0 aromatic heterocycles. The van der Waals surface area contributed by atoms with Crippen LogP contribution < -0.4 is 11.1 Å². The molecule has 1 aromatic carbocycles. The average Bonchev–Trinajstić information content (AvgIpc) is 2.38. The highest BCUT2D eigenvalue weighted by Crippen LogP contribution is 2.20. The molecule has 3 N–H and O–H groups in total. The molecule has 0 aliphatic heterocycles. The van der Waals surface area contributed by atoms with Crippen molar-refractivity contribution in [3.05, 3.63) is 29.3 Å². The number of unbranched alkanes of at least 4 members (excludes halogenated alkanes) is 1. The van der Waals surface area contributed by atoms with Crippen LogP contribution in [0.4, 0.5) is 5.69 Å². The number of rotatable bonds is 8. The summed E-state index contributed by atoms with van der Waals surface area (Å²) in [4.78, 5) is 0.462. The first-order chi connectivity index (χ1) is 9.08. The van der Waals surface area contributed by atoms with E-state index in [0.29, 0.717) is 4.99 Å². The number of thiocarbonyl (C=S) groups is 1. The standard InChI is InChI=1S/C16H26N2S/c1-4-6-7-13(5-2)11-18-15-10-12(3)8-9-14(15)16(17)19/h8-10,13,18H,4-7,11H2,1-3H3,(H2,17,19). The molecule has 0 aliphatic carbocycles. The Labute approximate surface area is 122 Å². The normalized spacial score (nSPS) is 12.2. The Bertz CT molecular complexity index is 415. The lowest BCUT2D eigenvalue weighted by Gasteiger charge is -2.18.